The zero-order valence-electron chi connectivity index (χ0n) is 12.8. The Hall–Kier alpha value is -0.830. The van der Waals surface area contributed by atoms with Crippen molar-refractivity contribution in [1.82, 2.24) is 9.97 Å². The topological polar surface area (TPSA) is 47.5 Å². The quantitative estimate of drug-likeness (QED) is 0.385. The molecule has 1 fully saturated rings. The molecule has 4 rings (SSSR count). The molecule has 0 N–H and O–H groups in total. The van der Waals surface area contributed by atoms with E-state index in [4.69, 9.17) is 21.1 Å². The summed E-state index contributed by atoms with van der Waals surface area (Å²) in [4.78, 5) is 11.2. The van der Waals surface area contributed by atoms with Crippen molar-refractivity contribution in [3.05, 3.63) is 15.3 Å². The van der Waals surface area contributed by atoms with E-state index in [1.165, 1.54) is 11.8 Å². The van der Waals surface area contributed by atoms with Crippen LogP contribution < -0.4 is 9.64 Å². The number of fused-ring (bicyclic) bond motifs is 2. The van der Waals surface area contributed by atoms with E-state index < -0.39 is 5.82 Å². The van der Waals surface area contributed by atoms with Gasteiger partial charge in [-0.25, -0.2) is 14.4 Å². The molecule has 0 bridgehead atoms. The van der Waals surface area contributed by atoms with Gasteiger partial charge < -0.3 is 14.4 Å². The van der Waals surface area contributed by atoms with Crippen LogP contribution in [0.15, 0.2) is 9.63 Å². The summed E-state index contributed by atoms with van der Waals surface area (Å²) in [6.07, 6.45) is 2.65. The van der Waals surface area contributed by atoms with E-state index in [0.29, 0.717) is 48.5 Å². The number of ether oxygens (including phenoxy) is 2. The second-order valence-corrected chi connectivity index (χ2v) is 7.53. The van der Waals surface area contributed by atoms with Crippen LogP contribution in [0.5, 0.6) is 5.75 Å². The second kappa shape index (κ2) is 6.48. The maximum absolute atomic E-state index is 14.8. The molecule has 0 radical (unpaired) electrons. The van der Waals surface area contributed by atoms with Crippen molar-refractivity contribution in [1.29, 1.82) is 0 Å². The van der Waals surface area contributed by atoms with Crippen LogP contribution in [0, 0.1) is 5.82 Å². The molecule has 2 aromatic rings. The maximum Gasteiger partial charge on any atom is 0.189 e. The average molecular weight is 435 g/mol. The molecule has 9 heteroatoms. The van der Waals surface area contributed by atoms with Gasteiger partial charge in [0.05, 0.1) is 35.7 Å². The summed E-state index contributed by atoms with van der Waals surface area (Å²) in [5.41, 5.74) is 0.225. The predicted octanol–water partition coefficient (Wildman–Crippen LogP) is 3.89. The number of morpholine rings is 1. The van der Waals surface area contributed by atoms with Crippen LogP contribution in [-0.4, -0.2) is 48.6 Å². The fourth-order valence-electron chi connectivity index (χ4n) is 3.11. The van der Waals surface area contributed by atoms with Crippen LogP contribution in [0.2, 0.25) is 5.02 Å². The first-order valence-corrected chi connectivity index (χ1v) is 9.90. The summed E-state index contributed by atoms with van der Waals surface area (Å²) in [7, 11) is 0. The molecule has 0 amide bonds. The zero-order valence-corrected chi connectivity index (χ0v) is 16.0. The minimum absolute atomic E-state index is 0.144. The number of hydrogen-bond acceptors (Lipinski definition) is 6. The first-order chi connectivity index (χ1) is 11.6. The molecule has 0 saturated carbocycles. The predicted molar refractivity (Wildman–Crippen MR) is 96.1 cm³/mol. The number of aromatic nitrogens is 2. The Kier molecular flexibility index (Phi) is 4.49. The van der Waals surface area contributed by atoms with Crippen LogP contribution >= 0.6 is 39.3 Å². The summed E-state index contributed by atoms with van der Waals surface area (Å²) in [5.74, 6) is 0.611. The van der Waals surface area contributed by atoms with Crippen LogP contribution in [0.4, 0.5) is 10.2 Å². The van der Waals surface area contributed by atoms with Gasteiger partial charge in [-0.05, 0) is 22.2 Å². The molecular weight excluding hydrogens is 421 g/mol. The van der Waals surface area contributed by atoms with Crippen molar-refractivity contribution in [2.75, 3.05) is 37.5 Å². The molecule has 1 aromatic heterocycles. The van der Waals surface area contributed by atoms with Crippen molar-refractivity contribution in [2.24, 2.45) is 0 Å². The molecule has 2 aliphatic rings. The van der Waals surface area contributed by atoms with Crippen molar-refractivity contribution in [3.63, 3.8) is 0 Å². The van der Waals surface area contributed by atoms with Crippen LogP contribution in [0.3, 0.4) is 0 Å². The summed E-state index contributed by atoms with van der Waals surface area (Å²) in [6, 6.07) is 0.144. The Morgan fingerprint density at radius 3 is 3.00 bits per heavy atom. The largest absolute Gasteiger partial charge is 0.491 e. The normalized spacial score (nSPS) is 20.3. The number of halogens is 3. The fourth-order valence-corrected chi connectivity index (χ4v) is 4.07. The number of hydrogen-bond donors (Lipinski definition) is 0. The molecule has 128 valence electrons. The van der Waals surface area contributed by atoms with Gasteiger partial charge in [0.1, 0.15) is 16.4 Å². The van der Waals surface area contributed by atoms with Crippen molar-refractivity contribution in [3.8, 4) is 5.75 Å². The molecule has 1 saturated heterocycles. The van der Waals surface area contributed by atoms with Crippen LogP contribution in [-0.2, 0) is 4.74 Å². The molecule has 0 unspecified atom stereocenters. The van der Waals surface area contributed by atoms with E-state index in [1.807, 2.05) is 6.26 Å². The molecule has 2 aliphatic heterocycles. The van der Waals surface area contributed by atoms with Gasteiger partial charge in [0.2, 0.25) is 0 Å². The van der Waals surface area contributed by atoms with Crippen LogP contribution in [0.25, 0.3) is 10.9 Å². The summed E-state index contributed by atoms with van der Waals surface area (Å²) < 4.78 is 26.5. The van der Waals surface area contributed by atoms with E-state index in [-0.39, 0.29) is 21.1 Å². The minimum Gasteiger partial charge on any atom is -0.491 e. The number of rotatable bonds is 1. The lowest BCUT2D eigenvalue weighted by Crippen LogP contribution is -2.47. The van der Waals surface area contributed by atoms with Gasteiger partial charge in [-0.3, -0.25) is 0 Å². The van der Waals surface area contributed by atoms with Crippen molar-refractivity contribution < 1.29 is 13.9 Å². The van der Waals surface area contributed by atoms with Crippen LogP contribution in [0.1, 0.15) is 6.42 Å². The molecule has 0 spiro atoms. The lowest BCUT2D eigenvalue weighted by Gasteiger charge is -2.38. The van der Waals surface area contributed by atoms with Gasteiger partial charge in [-0.1, -0.05) is 23.4 Å². The summed E-state index contributed by atoms with van der Waals surface area (Å²) >= 11 is 10.9. The number of benzene rings is 1. The number of thioether (sulfide) groups is 1. The Labute approximate surface area is 156 Å². The lowest BCUT2D eigenvalue weighted by molar-refractivity contribution is 0.0854. The number of nitrogens with zero attached hydrogens (tertiary/aromatic N) is 3. The molecule has 1 atom stereocenters. The van der Waals surface area contributed by atoms with Crippen molar-refractivity contribution >= 4 is 56.0 Å². The molecule has 0 aliphatic carbocycles. The van der Waals surface area contributed by atoms with E-state index in [1.54, 1.807) is 0 Å². The first kappa shape index (κ1) is 16.6. The highest BCUT2D eigenvalue weighted by Gasteiger charge is 2.32. The highest BCUT2D eigenvalue weighted by molar-refractivity contribution is 9.10. The van der Waals surface area contributed by atoms with E-state index in [9.17, 15) is 4.39 Å². The lowest BCUT2D eigenvalue weighted by atomic mass is 10.1. The van der Waals surface area contributed by atoms with Gasteiger partial charge in [-0.15, -0.1) is 0 Å². The molecule has 5 nitrogen and oxygen atoms in total. The average Bonchev–Trinajstić information content (AvgIpc) is 2.60. The highest BCUT2D eigenvalue weighted by Crippen LogP contribution is 2.46. The SMILES string of the molecule is CSc1nc2c3c(c(Cl)c(Br)c(F)c3n1)OCC[C@H]1COCCN21. The Balaban J connectivity index is 2.08. The molecular formula is C15H14BrClFN3O2S. The van der Waals surface area contributed by atoms with Crippen molar-refractivity contribution in [2.45, 2.75) is 17.6 Å². The first-order valence-electron chi connectivity index (χ1n) is 7.51. The zero-order chi connectivity index (χ0) is 16.8. The van der Waals surface area contributed by atoms with E-state index in [2.05, 4.69) is 30.8 Å². The Morgan fingerprint density at radius 2 is 2.21 bits per heavy atom. The summed E-state index contributed by atoms with van der Waals surface area (Å²) in [5, 5.41) is 1.26. The third-order valence-electron chi connectivity index (χ3n) is 4.27. The fraction of sp³-hybridized carbons (Fsp3) is 0.467. The van der Waals surface area contributed by atoms with Gasteiger partial charge in [0.25, 0.3) is 0 Å². The van der Waals surface area contributed by atoms with Gasteiger partial charge in [0.15, 0.2) is 16.7 Å². The van der Waals surface area contributed by atoms with Gasteiger partial charge >= 0.3 is 0 Å². The summed E-state index contributed by atoms with van der Waals surface area (Å²) in [6.45, 7) is 2.38. The molecule has 24 heavy (non-hydrogen) atoms. The third kappa shape index (κ3) is 2.55. The molecule has 1 aromatic carbocycles. The highest BCUT2D eigenvalue weighted by atomic mass is 79.9. The van der Waals surface area contributed by atoms with E-state index in [0.717, 1.165) is 6.42 Å². The van der Waals surface area contributed by atoms with Gasteiger partial charge in [0, 0.05) is 13.0 Å². The number of anilines is 1. The Morgan fingerprint density at radius 1 is 1.38 bits per heavy atom. The van der Waals surface area contributed by atoms with E-state index >= 15 is 0 Å². The Bertz CT molecular complexity index is 825. The molecule has 3 heterocycles. The smallest absolute Gasteiger partial charge is 0.189 e. The third-order valence-corrected chi connectivity index (χ3v) is 6.15. The van der Waals surface area contributed by atoms with Gasteiger partial charge in [-0.2, -0.15) is 0 Å². The monoisotopic (exact) mass is 433 g/mol. The second-order valence-electron chi connectivity index (χ2n) is 5.59. The minimum atomic E-state index is -0.494. The standard InChI is InChI=1S/C15H14BrClFN3O2S/c1-24-15-19-12-8-13(10(17)9(16)11(12)18)23-4-2-7-6-22-5-3-21(7)14(8)20-15/h7H,2-6H2,1H3/t7-/m0/s1. The maximum atomic E-state index is 14.8.